The fourth-order valence-corrected chi connectivity index (χ4v) is 2.81. The van der Waals surface area contributed by atoms with Gasteiger partial charge in [-0.15, -0.1) is 0 Å². The molecule has 0 saturated heterocycles. The minimum absolute atomic E-state index is 0.750. The molecule has 0 heterocycles. The molecule has 0 spiro atoms. The van der Waals surface area contributed by atoms with Crippen molar-refractivity contribution in [2.24, 2.45) is 17.8 Å². The second kappa shape index (κ2) is 6.56. The lowest BCUT2D eigenvalue weighted by molar-refractivity contribution is 0.532. The number of hydrogen-bond acceptors (Lipinski definition) is 1. The zero-order valence-electron chi connectivity index (χ0n) is 12.9. The van der Waals surface area contributed by atoms with Crippen LogP contribution < -0.4 is 5.32 Å². The van der Waals surface area contributed by atoms with Crippen molar-refractivity contribution in [1.82, 2.24) is 5.32 Å². The normalized spacial score (nSPS) is 22.2. The van der Waals surface area contributed by atoms with E-state index in [-0.39, 0.29) is 0 Å². The molecule has 1 heteroatoms. The molecule has 2 atom stereocenters. The van der Waals surface area contributed by atoms with Gasteiger partial charge in [-0.1, -0.05) is 52.0 Å². The third-order valence-corrected chi connectivity index (χ3v) is 3.93. The summed E-state index contributed by atoms with van der Waals surface area (Å²) in [5.74, 6) is 3.19. The van der Waals surface area contributed by atoms with Crippen molar-refractivity contribution in [3.05, 3.63) is 35.4 Å². The third kappa shape index (κ3) is 4.65. The molecule has 0 amide bonds. The maximum Gasteiger partial charge on any atom is -0.00143 e. The van der Waals surface area contributed by atoms with Gasteiger partial charge in [-0.3, -0.25) is 0 Å². The summed E-state index contributed by atoms with van der Waals surface area (Å²) >= 11 is 0. The largest absolute Gasteiger partial charge is 0.316 e. The van der Waals surface area contributed by atoms with Crippen LogP contribution in [0, 0.1) is 17.8 Å². The number of hydrogen-bond donors (Lipinski definition) is 1. The second-order valence-corrected chi connectivity index (χ2v) is 6.99. The Kier molecular flexibility index (Phi) is 5.04. The number of benzene rings is 1. The molecule has 1 aliphatic rings. The summed E-state index contributed by atoms with van der Waals surface area (Å²) in [6.45, 7) is 11.4. The predicted molar refractivity (Wildman–Crippen MR) is 83.5 cm³/mol. The summed E-state index contributed by atoms with van der Waals surface area (Å²) in [6, 6.07) is 9.36. The highest BCUT2D eigenvalue weighted by molar-refractivity contribution is 5.29. The molecule has 1 saturated carbocycles. The monoisotopic (exact) mass is 259 g/mol. The first-order valence-corrected chi connectivity index (χ1v) is 7.85. The Labute approximate surface area is 118 Å². The van der Waals surface area contributed by atoms with Crippen LogP contribution >= 0.6 is 0 Å². The van der Waals surface area contributed by atoms with Gasteiger partial charge in [0.2, 0.25) is 0 Å². The first kappa shape index (κ1) is 14.6. The lowest BCUT2D eigenvalue weighted by Crippen LogP contribution is -2.22. The molecule has 2 unspecified atom stereocenters. The van der Waals surface area contributed by atoms with Gasteiger partial charge in [0, 0.05) is 0 Å². The summed E-state index contributed by atoms with van der Waals surface area (Å²) in [7, 11) is 0. The Balaban J connectivity index is 1.78. The Bertz CT molecular complexity index is 377. The summed E-state index contributed by atoms with van der Waals surface area (Å²) in [6.07, 6.45) is 2.57. The van der Waals surface area contributed by atoms with Crippen molar-refractivity contribution in [2.75, 3.05) is 13.1 Å². The first-order chi connectivity index (χ1) is 9.06. The Hall–Kier alpha value is -0.820. The minimum Gasteiger partial charge on any atom is -0.316 e. The summed E-state index contributed by atoms with van der Waals surface area (Å²) < 4.78 is 0. The molecule has 0 radical (unpaired) electrons. The van der Waals surface area contributed by atoms with Crippen LogP contribution in [0.4, 0.5) is 0 Å². The molecule has 1 fully saturated rings. The minimum atomic E-state index is 0.750. The fraction of sp³-hybridized carbons (Fsp3) is 0.667. The summed E-state index contributed by atoms with van der Waals surface area (Å²) in [4.78, 5) is 0. The van der Waals surface area contributed by atoms with Gasteiger partial charge in [-0.05, 0) is 60.7 Å². The van der Waals surface area contributed by atoms with Gasteiger partial charge in [-0.2, -0.15) is 0 Å². The van der Waals surface area contributed by atoms with Crippen LogP contribution in [0.2, 0.25) is 0 Å². The van der Waals surface area contributed by atoms with Gasteiger partial charge in [0.05, 0.1) is 0 Å². The van der Waals surface area contributed by atoms with Gasteiger partial charge in [-0.25, -0.2) is 0 Å². The Morgan fingerprint density at radius 3 is 2.32 bits per heavy atom. The molecule has 0 aliphatic heterocycles. The van der Waals surface area contributed by atoms with E-state index in [0.717, 1.165) is 30.2 Å². The zero-order valence-corrected chi connectivity index (χ0v) is 12.9. The van der Waals surface area contributed by atoms with Crippen LogP contribution in [0.15, 0.2) is 24.3 Å². The maximum absolute atomic E-state index is 3.58. The molecule has 1 aromatic rings. The average Bonchev–Trinajstić information content (AvgIpc) is 3.08. The van der Waals surface area contributed by atoms with Crippen LogP contribution in [0.1, 0.15) is 51.2 Å². The highest BCUT2D eigenvalue weighted by Gasteiger charge is 2.37. The molecule has 106 valence electrons. The predicted octanol–water partition coefficient (Wildman–Crippen LogP) is 4.23. The van der Waals surface area contributed by atoms with Crippen LogP contribution in [-0.4, -0.2) is 13.1 Å². The van der Waals surface area contributed by atoms with Crippen molar-refractivity contribution in [1.29, 1.82) is 0 Å². The van der Waals surface area contributed by atoms with E-state index in [1.165, 1.54) is 24.9 Å². The SMILES string of the molecule is CC(C)CNCC1CC1c1ccc(CC(C)C)cc1. The van der Waals surface area contributed by atoms with Gasteiger partial charge >= 0.3 is 0 Å². The fourth-order valence-electron chi connectivity index (χ4n) is 2.81. The van der Waals surface area contributed by atoms with E-state index >= 15 is 0 Å². The lowest BCUT2D eigenvalue weighted by Gasteiger charge is -2.08. The highest BCUT2D eigenvalue weighted by Crippen LogP contribution is 2.46. The van der Waals surface area contributed by atoms with Crippen LogP contribution in [0.5, 0.6) is 0 Å². The van der Waals surface area contributed by atoms with E-state index in [0.29, 0.717) is 0 Å². The zero-order chi connectivity index (χ0) is 13.8. The molecule has 0 bridgehead atoms. The van der Waals surface area contributed by atoms with E-state index in [2.05, 4.69) is 57.3 Å². The molecule has 19 heavy (non-hydrogen) atoms. The molecule has 2 rings (SSSR count). The third-order valence-electron chi connectivity index (χ3n) is 3.93. The van der Waals surface area contributed by atoms with E-state index in [1.54, 1.807) is 5.56 Å². The van der Waals surface area contributed by atoms with Gasteiger partial charge < -0.3 is 5.32 Å². The van der Waals surface area contributed by atoms with Crippen LogP contribution in [0.25, 0.3) is 0 Å². The van der Waals surface area contributed by atoms with Crippen LogP contribution in [-0.2, 0) is 6.42 Å². The van der Waals surface area contributed by atoms with Crippen molar-refractivity contribution in [3.8, 4) is 0 Å². The molecular weight excluding hydrogens is 230 g/mol. The van der Waals surface area contributed by atoms with Crippen molar-refractivity contribution in [3.63, 3.8) is 0 Å². The highest BCUT2D eigenvalue weighted by atomic mass is 14.9. The van der Waals surface area contributed by atoms with E-state index in [4.69, 9.17) is 0 Å². The summed E-state index contributed by atoms with van der Waals surface area (Å²) in [5, 5.41) is 3.58. The smallest absolute Gasteiger partial charge is 0.00143 e. The standard InChI is InChI=1S/C18H29N/c1-13(2)9-15-5-7-16(8-6-15)18-10-17(18)12-19-11-14(3)4/h5-8,13-14,17-19H,9-12H2,1-4H3. The van der Waals surface area contributed by atoms with Crippen molar-refractivity contribution >= 4 is 0 Å². The van der Waals surface area contributed by atoms with Gasteiger partial charge in [0.1, 0.15) is 0 Å². The second-order valence-electron chi connectivity index (χ2n) is 6.99. The quantitative estimate of drug-likeness (QED) is 0.772. The molecule has 1 aromatic carbocycles. The molecule has 1 aliphatic carbocycles. The van der Waals surface area contributed by atoms with Gasteiger partial charge in [0.15, 0.2) is 0 Å². The molecule has 1 N–H and O–H groups in total. The summed E-state index contributed by atoms with van der Waals surface area (Å²) in [5.41, 5.74) is 3.03. The van der Waals surface area contributed by atoms with Crippen molar-refractivity contribution in [2.45, 2.75) is 46.5 Å². The van der Waals surface area contributed by atoms with E-state index < -0.39 is 0 Å². The first-order valence-electron chi connectivity index (χ1n) is 7.85. The average molecular weight is 259 g/mol. The topological polar surface area (TPSA) is 12.0 Å². The van der Waals surface area contributed by atoms with Crippen LogP contribution in [0.3, 0.4) is 0 Å². The number of rotatable bonds is 7. The number of nitrogens with one attached hydrogen (secondary N) is 1. The van der Waals surface area contributed by atoms with E-state index in [1.807, 2.05) is 0 Å². The molecule has 0 aromatic heterocycles. The Morgan fingerprint density at radius 2 is 1.74 bits per heavy atom. The van der Waals surface area contributed by atoms with Crippen molar-refractivity contribution < 1.29 is 0 Å². The van der Waals surface area contributed by atoms with Gasteiger partial charge in [0.25, 0.3) is 0 Å². The molecule has 1 nitrogen and oxygen atoms in total. The lowest BCUT2D eigenvalue weighted by atomic mass is 10.00. The maximum atomic E-state index is 3.58. The van der Waals surface area contributed by atoms with E-state index in [9.17, 15) is 0 Å². The molecular formula is C18H29N. The Morgan fingerprint density at radius 1 is 1.05 bits per heavy atom.